The van der Waals surface area contributed by atoms with Gasteiger partial charge in [-0.25, -0.2) is 4.39 Å². The molecule has 0 aliphatic heterocycles. The van der Waals surface area contributed by atoms with Crippen molar-refractivity contribution in [2.75, 3.05) is 26.3 Å². The molecule has 0 aliphatic rings. The molecule has 0 aliphatic carbocycles. The van der Waals surface area contributed by atoms with Gasteiger partial charge in [0.25, 0.3) is 0 Å². The number of benzene rings is 1. The highest BCUT2D eigenvalue weighted by Crippen LogP contribution is 2.35. The van der Waals surface area contributed by atoms with Crippen molar-refractivity contribution in [1.82, 2.24) is 0 Å². The average molecular weight is 326 g/mol. The number of rotatable bonds is 11. The van der Waals surface area contributed by atoms with Gasteiger partial charge >= 0.3 is 0 Å². The fourth-order valence-corrected chi connectivity index (χ4v) is 2.49. The van der Waals surface area contributed by atoms with Crippen LogP contribution in [0.1, 0.15) is 51.5 Å². The maximum Gasteiger partial charge on any atom is 0.164 e. The summed E-state index contributed by atoms with van der Waals surface area (Å²) in [6.45, 7) is 8.19. The lowest BCUT2D eigenvalue weighted by Gasteiger charge is -2.21. The highest BCUT2D eigenvalue weighted by molar-refractivity contribution is 5.45. The molecule has 0 amide bonds. The van der Waals surface area contributed by atoms with Crippen molar-refractivity contribution in [3.05, 3.63) is 23.5 Å². The molecule has 0 aromatic heterocycles. The van der Waals surface area contributed by atoms with Gasteiger partial charge in [-0.2, -0.15) is 0 Å². The Morgan fingerprint density at radius 2 is 1.52 bits per heavy atom. The fourth-order valence-electron chi connectivity index (χ4n) is 2.49. The Kier molecular flexibility index (Phi) is 8.95. The van der Waals surface area contributed by atoms with Crippen molar-refractivity contribution in [1.29, 1.82) is 0 Å². The van der Waals surface area contributed by atoms with E-state index < -0.39 is 0 Å². The molecule has 1 unspecified atom stereocenters. The van der Waals surface area contributed by atoms with Gasteiger partial charge in [-0.1, -0.05) is 20.8 Å². The van der Waals surface area contributed by atoms with Crippen LogP contribution in [0.3, 0.4) is 0 Å². The smallest absolute Gasteiger partial charge is 0.164 e. The molecule has 23 heavy (non-hydrogen) atoms. The summed E-state index contributed by atoms with van der Waals surface area (Å²) < 4.78 is 25.9. The molecule has 0 spiro atoms. The SMILES string of the molecule is CCCOc1cc(F)c(C(C)CC(CN)CN)cc1OCCC. The quantitative estimate of drug-likeness (QED) is 0.653. The molecule has 1 rings (SSSR count). The molecule has 0 saturated carbocycles. The van der Waals surface area contributed by atoms with Crippen molar-refractivity contribution in [2.24, 2.45) is 17.4 Å². The first-order valence-electron chi connectivity index (χ1n) is 8.56. The average Bonchev–Trinajstić information content (AvgIpc) is 2.56. The van der Waals surface area contributed by atoms with Crippen LogP contribution in [0.5, 0.6) is 11.5 Å². The van der Waals surface area contributed by atoms with Gasteiger partial charge in [0, 0.05) is 6.07 Å². The second-order valence-electron chi connectivity index (χ2n) is 5.99. The second-order valence-corrected chi connectivity index (χ2v) is 5.99. The summed E-state index contributed by atoms with van der Waals surface area (Å²) in [5.74, 6) is 1.04. The monoisotopic (exact) mass is 326 g/mol. The highest BCUT2D eigenvalue weighted by Gasteiger charge is 2.19. The van der Waals surface area contributed by atoms with Crippen LogP contribution < -0.4 is 20.9 Å². The van der Waals surface area contributed by atoms with Crippen molar-refractivity contribution in [3.63, 3.8) is 0 Å². The van der Waals surface area contributed by atoms with Crippen molar-refractivity contribution in [2.45, 2.75) is 46.0 Å². The van der Waals surface area contributed by atoms with Crippen molar-refractivity contribution in [3.8, 4) is 11.5 Å². The highest BCUT2D eigenvalue weighted by atomic mass is 19.1. The van der Waals surface area contributed by atoms with Gasteiger partial charge in [0.2, 0.25) is 0 Å². The first kappa shape index (κ1) is 19.7. The lowest BCUT2D eigenvalue weighted by Crippen LogP contribution is -2.24. The Morgan fingerprint density at radius 1 is 1.00 bits per heavy atom. The molecule has 0 fully saturated rings. The summed E-state index contributed by atoms with van der Waals surface area (Å²) >= 11 is 0. The van der Waals surface area contributed by atoms with Crippen LogP contribution in [0.15, 0.2) is 12.1 Å². The molecule has 1 atom stereocenters. The van der Waals surface area contributed by atoms with Crippen LogP contribution in [0.4, 0.5) is 4.39 Å². The number of ether oxygens (including phenoxy) is 2. The molecular formula is C18H31FN2O2. The second kappa shape index (κ2) is 10.4. The van der Waals surface area contributed by atoms with E-state index in [1.165, 1.54) is 6.07 Å². The van der Waals surface area contributed by atoms with E-state index in [0.717, 1.165) is 19.3 Å². The van der Waals surface area contributed by atoms with E-state index in [0.29, 0.717) is 43.4 Å². The number of hydrogen-bond donors (Lipinski definition) is 2. The minimum absolute atomic E-state index is 0.0244. The Bertz CT molecular complexity index is 465. The summed E-state index contributed by atoms with van der Waals surface area (Å²) in [6, 6.07) is 3.21. The van der Waals surface area contributed by atoms with Crippen LogP contribution in [0, 0.1) is 11.7 Å². The minimum Gasteiger partial charge on any atom is -0.490 e. The van der Waals surface area contributed by atoms with Crippen LogP contribution in [0.2, 0.25) is 0 Å². The van der Waals surface area contributed by atoms with Gasteiger partial charge in [0.05, 0.1) is 13.2 Å². The Morgan fingerprint density at radius 3 is 2.00 bits per heavy atom. The molecule has 4 nitrogen and oxygen atoms in total. The molecule has 0 radical (unpaired) electrons. The van der Waals surface area contributed by atoms with E-state index in [2.05, 4.69) is 0 Å². The molecule has 132 valence electrons. The van der Waals surface area contributed by atoms with Gasteiger partial charge in [0.1, 0.15) is 5.82 Å². The number of nitrogens with two attached hydrogens (primary N) is 2. The van der Waals surface area contributed by atoms with Crippen LogP contribution >= 0.6 is 0 Å². The zero-order valence-electron chi connectivity index (χ0n) is 14.6. The maximum absolute atomic E-state index is 14.5. The predicted molar refractivity (Wildman–Crippen MR) is 92.6 cm³/mol. The van der Waals surface area contributed by atoms with Crippen LogP contribution in [-0.2, 0) is 0 Å². The fraction of sp³-hybridized carbons (Fsp3) is 0.667. The summed E-state index contributed by atoms with van der Waals surface area (Å²) in [7, 11) is 0. The summed E-state index contributed by atoms with van der Waals surface area (Å²) in [5, 5.41) is 0. The van der Waals surface area contributed by atoms with Gasteiger partial charge in [-0.3, -0.25) is 0 Å². The Hall–Kier alpha value is -1.33. The third-order valence-electron chi connectivity index (χ3n) is 3.87. The van der Waals surface area contributed by atoms with Crippen LogP contribution in [0.25, 0.3) is 0 Å². The first-order chi connectivity index (χ1) is 11.1. The van der Waals surface area contributed by atoms with E-state index in [9.17, 15) is 4.39 Å². The molecule has 1 aromatic carbocycles. The lowest BCUT2D eigenvalue weighted by atomic mass is 9.89. The summed E-state index contributed by atoms with van der Waals surface area (Å²) in [5.41, 5.74) is 12.0. The van der Waals surface area contributed by atoms with Gasteiger partial charge in [-0.05, 0) is 55.8 Å². The van der Waals surface area contributed by atoms with E-state index in [4.69, 9.17) is 20.9 Å². The minimum atomic E-state index is -0.264. The van der Waals surface area contributed by atoms with E-state index in [-0.39, 0.29) is 17.7 Å². The molecule has 1 aromatic rings. The Balaban J connectivity index is 3.02. The van der Waals surface area contributed by atoms with E-state index in [1.807, 2.05) is 20.8 Å². The number of hydrogen-bond acceptors (Lipinski definition) is 4. The van der Waals surface area contributed by atoms with E-state index in [1.54, 1.807) is 6.07 Å². The van der Waals surface area contributed by atoms with Gasteiger partial charge in [-0.15, -0.1) is 0 Å². The maximum atomic E-state index is 14.5. The van der Waals surface area contributed by atoms with Gasteiger partial charge < -0.3 is 20.9 Å². The van der Waals surface area contributed by atoms with Crippen LogP contribution in [-0.4, -0.2) is 26.3 Å². The lowest BCUT2D eigenvalue weighted by molar-refractivity contribution is 0.266. The normalized spacial score (nSPS) is 12.5. The van der Waals surface area contributed by atoms with Crippen molar-refractivity contribution >= 4 is 0 Å². The molecule has 0 bridgehead atoms. The topological polar surface area (TPSA) is 70.5 Å². The summed E-state index contributed by atoms with van der Waals surface area (Å²) in [4.78, 5) is 0. The molecule has 0 saturated heterocycles. The van der Waals surface area contributed by atoms with E-state index >= 15 is 0 Å². The van der Waals surface area contributed by atoms with Crippen molar-refractivity contribution < 1.29 is 13.9 Å². The molecule has 5 heteroatoms. The largest absolute Gasteiger partial charge is 0.490 e. The Labute approximate surface area is 139 Å². The zero-order chi connectivity index (χ0) is 17.2. The third kappa shape index (κ3) is 5.99. The molecular weight excluding hydrogens is 295 g/mol. The first-order valence-corrected chi connectivity index (χ1v) is 8.56. The summed E-state index contributed by atoms with van der Waals surface area (Å²) in [6.07, 6.45) is 2.51. The number of halogens is 1. The third-order valence-corrected chi connectivity index (χ3v) is 3.87. The molecule has 4 N–H and O–H groups in total. The van der Waals surface area contributed by atoms with Gasteiger partial charge in [0.15, 0.2) is 11.5 Å². The standard InChI is InChI=1S/C18H31FN2O2/c1-4-6-22-17-9-15(13(3)8-14(11-20)12-21)16(19)10-18(17)23-7-5-2/h9-10,13-14H,4-8,11-12,20-21H2,1-3H3. The molecule has 0 heterocycles. The predicted octanol–water partition coefficient (Wildman–Crippen LogP) is 3.43. The zero-order valence-corrected chi connectivity index (χ0v) is 14.6.